The van der Waals surface area contributed by atoms with Crippen LogP contribution in [0.4, 0.5) is 26.3 Å². The molecule has 39 heavy (non-hydrogen) atoms. The molecule has 2 aromatic heterocycles. The van der Waals surface area contributed by atoms with Crippen LogP contribution in [0.5, 0.6) is 0 Å². The molecule has 5 nitrogen and oxygen atoms in total. The van der Waals surface area contributed by atoms with Crippen LogP contribution in [-0.2, 0) is 18.1 Å². The minimum Gasteiger partial charge on any atom is -0.279 e. The summed E-state index contributed by atoms with van der Waals surface area (Å²) in [5.41, 5.74) is -0.0931. The number of alkyl halides is 6. The Morgan fingerprint density at radius 3 is 2.23 bits per heavy atom. The van der Waals surface area contributed by atoms with E-state index in [0.717, 1.165) is 33.9 Å². The summed E-state index contributed by atoms with van der Waals surface area (Å²) in [6.45, 7) is 1.30. The van der Waals surface area contributed by atoms with Gasteiger partial charge in [-0.2, -0.15) is 26.3 Å². The van der Waals surface area contributed by atoms with Crippen LogP contribution in [0.15, 0.2) is 89.1 Å². The number of thioether (sulfide) groups is 1. The lowest BCUT2D eigenvalue weighted by atomic mass is 9.99. The summed E-state index contributed by atoms with van der Waals surface area (Å²) in [6.07, 6.45) is -6.13. The van der Waals surface area contributed by atoms with Gasteiger partial charge in [-0.3, -0.25) is 13.8 Å². The summed E-state index contributed by atoms with van der Waals surface area (Å²) in [7, 11) is 0. The highest BCUT2D eigenvalue weighted by Crippen LogP contribution is 2.35. The van der Waals surface area contributed by atoms with Gasteiger partial charge in [-0.05, 0) is 53.4 Å². The largest absolute Gasteiger partial charge is 0.416 e. The number of fused-ring (bicyclic) bond motifs is 1. The summed E-state index contributed by atoms with van der Waals surface area (Å²) in [4.78, 5) is 13.1. The van der Waals surface area contributed by atoms with Crippen molar-refractivity contribution in [3.8, 4) is 16.8 Å². The van der Waals surface area contributed by atoms with Gasteiger partial charge in [-0.15, -0.1) is 10.2 Å². The van der Waals surface area contributed by atoms with E-state index in [1.54, 1.807) is 12.1 Å². The smallest absolute Gasteiger partial charge is 0.279 e. The SMILES string of the molecule is Cc1c(-n2ccn3c(SCc4ccccc4-c4ccc(C(F)(F)F)cc4)nnc3c2=O)cccc1C(F)(F)F. The first-order valence-corrected chi connectivity index (χ1v) is 12.5. The Bertz CT molecular complexity index is 1720. The fourth-order valence-electron chi connectivity index (χ4n) is 4.25. The van der Waals surface area contributed by atoms with E-state index in [1.807, 2.05) is 12.1 Å². The molecule has 0 aliphatic rings. The summed E-state index contributed by atoms with van der Waals surface area (Å²) >= 11 is 1.26. The van der Waals surface area contributed by atoms with E-state index in [4.69, 9.17) is 0 Å². The number of rotatable bonds is 5. The summed E-state index contributed by atoms with van der Waals surface area (Å²) in [6, 6.07) is 15.7. The number of aromatic nitrogens is 4. The third kappa shape index (κ3) is 5.16. The highest BCUT2D eigenvalue weighted by molar-refractivity contribution is 7.98. The predicted molar refractivity (Wildman–Crippen MR) is 135 cm³/mol. The van der Waals surface area contributed by atoms with E-state index in [1.165, 1.54) is 59.7 Å². The second kappa shape index (κ2) is 9.92. The molecule has 0 spiro atoms. The van der Waals surface area contributed by atoms with Crippen molar-refractivity contribution in [2.24, 2.45) is 0 Å². The molecule has 0 N–H and O–H groups in total. The Labute approximate surface area is 221 Å². The van der Waals surface area contributed by atoms with Gasteiger partial charge in [0, 0.05) is 18.1 Å². The maximum atomic E-state index is 13.4. The predicted octanol–water partition coefficient (Wildman–Crippen LogP) is 7.19. The number of hydrogen-bond donors (Lipinski definition) is 0. The fourth-order valence-corrected chi connectivity index (χ4v) is 5.18. The van der Waals surface area contributed by atoms with Crippen molar-refractivity contribution in [1.29, 1.82) is 0 Å². The minimum atomic E-state index is -4.57. The molecule has 0 saturated carbocycles. The first-order chi connectivity index (χ1) is 18.4. The maximum absolute atomic E-state index is 13.4. The van der Waals surface area contributed by atoms with Crippen molar-refractivity contribution in [3.05, 3.63) is 112 Å². The first kappa shape index (κ1) is 26.5. The topological polar surface area (TPSA) is 52.2 Å². The first-order valence-electron chi connectivity index (χ1n) is 11.5. The average Bonchev–Trinajstić information content (AvgIpc) is 3.31. The van der Waals surface area contributed by atoms with Crippen molar-refractivity contribution < 1.29 is 26.3 Å². The molecule has 0 radical (unpaired) electrons. The van der Waals surface area contributed by atoms with Gasteiger partial charge < -0.3 is 0 Å². The van der Waals surface area contributed by atoms with Crippen LogP contribution >= 0.6 is 11.8 Å². The van der Waals surface area contributed by atoms with Crippen molar-refractivity contribution in [1.82, 2.24) is 19.2 Å². The molecule has 12 heteroatoms. The molecule has 0 atom stereocenters. The third-order valence-corrected chi connectivity index (χ3v) is 7.20. The van der Waals surface area contributed by atoms with Crippen LogP contribution in [0.3, 0.4) is 0 Å². The maximum Gasteiger partial charge on any atom is 0.416 e. The van der Waals surface area contributed by atoms with E-state index >= 15 is 0 Å². The molecule has 5 aromatic rings. The van der Waals surface area contributed by atoms with Crippen molar-refractivity contribution in [2.75, 3.05) is 0 Å². The van der Waals surface area contributed by atoms with Crippen LogP contribution in [0.25, 0.3) is 22.5 Å². The highest BCUT2D eigenvalue weighted by atomic mass is 32.2. The molecule has 3 aromatic carbocycles. The van der Waals surface area contributed by atoms with Gasteiger partial charge in [0.2, 0.25) is 5.65 Å². The van der Waals surface area contributed by atoms with Crippen LogP contribution < -0.4 is 5.56 Å². The average molecular weight is 561 g/mol. The normalized spacial score (nSPS) is 12.3. The van der Waals surface area contributed by atoms with E-state index in [9.17, 15) is 31.1 Å². The standard InChI is InChI=1S/C27H18F6N4OS/c1-16-21(27(31,32)33)7-4-8-22(16)36-13-14-37-23(24(36)38)34-35-25(37)39-15-18-5-2-3-6-20(18)17-9-11-19(12-10-17)26(28,29)30/h2-14H,15H2,1H3. The lowest BCUT2D eigenvalue weighted by molar-refractivity contribution is -0.138. The molecule has 0 amide bonds. The quantitative estimate of drug-likeness (QED) is 0.169. The number of hydrogen-bond acceptors (Lipinski definition) is 4. The lowest BCUT2D eigenvalue weighted by Gasteiger charge is -2.15. The van der Waals surface area contributed by atoms with Crippen molar-refractivity contribution in [3.63, 3.8) is 0 Å². The molecule has 0 saturated heterocycles. The van der Waals surface area contributed by atoms with E-state index < -0.39 is 29.0 Å². The van der Waals surface area contributed by atoms with Crippen molar-refractivity contribution in [2.45, 2.75) is 30.2 Å². The van der Waals surface area contributed by atoms with Gasteiger partial charge in [-0.25, -0.2) is 0 Å². The number of benzene rings is 3. The molecule has 0 unspecified atom stereocenters. The van der Waals surface area contributed by atoms with Gasteiger partial charge in [0.05, 0.1) is 16.8 Å². The zero-order valence-electron chi connectivity index (χ0n) is 20.1. The Hall–Kier alpha value is -4.06. The zero-order valence-corrected chi connectivity index (χ0v) is 20.9. The highest BCUT2D eigenvalue weighted by Gasteiger charge is 2.33. The molecule has 0 fully saturated rings. The van der Waals surface area contributed by atoms with E-state index in [2.05, 4.69) is 10.2 Å². The second-order valence-electron chi connectivity index (χ2n) is 8.62. The van der Waals surface area contributed by atoms with E-state index in [-0.39, 0.29) is 16.9 Å². The van der Waals surface area contributed by atoms with Crippen LogP contribution in [-0.4, -0.2) is 19.2 Å². The van der Waals surface area contributed by atoms with Gasteiger partial charge >= 0.3 is 17.9 Å². The lowest BCUT2D eigenvalue weighted by Crippen LogP contribution is -2.22. The molecule has 5 rings (SSSR count). The number of halogens is 6. The Morgan fingerprint density at radius 1 is 0.821 bits per heavy atom. The molecule has 2 heterocycles. The Kier molecular flexibility index (Phi) is 6.75. The second-order valence-corrected chi connectivity index (χ2v) is 9.56. The zero-order chi connectivity index (χ0) is 27.9. The Balaban J connectivity index is 1.44. The number of nitrogens with zero attached hydrogens (tertiary/aromatic N) is 4. The van der Waals surface area contributed by atoms with Gasteiger partial charge in [0.25, 0.3) is 0 Å². The molecule has 0 aliphatic carbocycles. The minimum absolute atomic E-state index is 0.0622. The van der Waals surface area contributed by atoms with Crippen LogP contribution in [0.1, 0.15) is 22.3 Å². The van der Waals surface area contributed by atoms with Crippen LogP contribution in [0.2, 0.25) is 0 Å². The molecule has 200 valence electrons. The molecular weight excluding hydrogens is 542 g/mol. The van der Waals surface area contributed by atoms with Gasteiger partial charge in [0.15, 0.2) is 5.16 Å². The fraction of sp³-hybridized carbons (Fsp3) is 0.148. The monoisotopic (exact) mass is 560 g/mol. The third-order valence-electron chi connectivity index (χ3n) is 6.21. The molecule has 0 aliphatic heterocycles. The Morgan fingerprint density at radius 2 is 1.54 bits per heavy atom. The van der Waals surface area contributed by atoms with Gasteiger partial charge in [0.1, 0.15) is 0 Å². The van der Waals surface area contributed by atoms with Crippen molar-refractivity contribution >= 4 is 17.4 Å². The van der Waals surface area contributed by atoms with E-state index in [0.29, 0.717) is 16.5 Å². The summed E-state index contributed by atoms with van der Waals surface area (Å²) < 4.78 is 81.5. The summed E-state index contributed by atoms with van der Waals surface area (Å²) in [5.74, 6) is 0.369. The van der Waals surface area contributed by atoms with Gasteiger partial charge in [-0.1, -0.05) is 54.2 Å². The molecule has 0 bridgehead atoms. The van der Waals surface area contributed by atoms with Crippen LogP contribution in [0, 0.1) is 6.92 Å². The summed E-state index contributed by atoms with van der Waals surface area (Å²) in [5, 5.41) is 8.42. The molecular formula is C27H18F6N4OS.